The lowest BCUT2D eigenvalue weighted by atomic mass is 10.2. The molecule has 0 bridgehead atoms. The van der Waals surface area contributed by atoms with Crippen molar-refractivity contribution in [3.05, 3.63) is 29.0 Å². The van der Waals surface area contributed by atoms with Crippen molar-refractivity contribution < 1.29 is 13.9 Å². The van der Waals surface area contributed by atoms with Gasteiger partial charge in [0.15, 0.2) is 0 Å². The lowest BCUT2D eigenvalue weighted by Crippen LogP contribution is -2.22. The van der Waals surface area contributed by atoms with Crippen molar-refractivity contribution in [1.29, 1.82) is 0 Å². The summed E-state index contributed by atoms with van der Waals surface area (Å²) in [6, 6.07) is 3.86. The van der Waals surface area contributed by atoms with E-state index in [9.17, 15) is 9.60 Å². The normalized spacial score (nSPS) is 12.2. The van der Waals surface area contributed by atoms with Gasteiger partial charge >= 0.3 is 0 Å². The van der Waals surface area contributed by atoms with Gasteiger partial charge in [0.25, 0.3) is 4.59 Å². The second-order valence-electron chi connectivity index (χ2n) is 2.63. The Morgan fingerprint density at radius 1 is 1.50 bits per heavy atom. The lowest BCUT2D eigenvalue weighted by Gasteiger charge is -2.07. The van der Waals surface area contributed by atoms with Crippen LogP contribution in [0.25, 0.3) is 11.0 Å². The van der Waals surface area contributed by atoms with E-state index in [0.717, 1.165) is 0 Å². The van der Waals surface area contributed by atoms with Gasteiger partial charge in [0.05, 0.1) is 0 Å². The van der Waals surface area contributed by atoms with Gasteiger partial charge < -0.3 is 5.21 Å². The Hall–Kier alpha value is -1.07. The highest BCUT2D eigenvalue weighted by Crippen LogP contribution is 2.35. The van der Waals surface area contributed by atoms with E-state index in [1.807, 2.05) is 0 Å². The van der Waals surface area contributed by atoms with Gasteiger partial charge in [0.1, 0.15) is 0 Å². The van der Waals surface area contributed by atoms with Crippen LogP contribution in [0.4, 0.5) is 4.39 Å². The van der Waals surface area contributed by atoms with E-state index >= 15 is 0 Å². The largest absolute Gasteiger partial charge is 0.359 e. The molecule has 4 nitrogen and oxygen atoms in total. The summed E-state index contributed by atoms with van der Waals surface area (Å²) >= 11 is 10.4. The van der Waals surface area contributed by atoms with Gasteiger partial charge in [0.2, 0.25) is 11.0 Å². The molecule has 1 aromatic heterocycles. The Balaban J connectivity index is 2.63. The molecule has 2 aromatic rings. The first-order chi connectivity index (χ1) is 6.48. The number of aromatic nitrogens is 2. The van der Waals surface area contributed by atoms with Crippen LogP contribution in [0.15, 0.2) is 22.8 Å². The van der Waals surface area contributed by atoms with Crippen molar-refractivity contribution in [2.75, 3.05) is 0 Å². The number of hydrogen-bond donors (Lipinski definition) is 0. The monoisotopic (exact) mass is 236 g/mol. The van der Waals surface area contributed by atoms with Crippen molar-refractivity contribution in [2.24, 2.45) is 0 Å². The first-order valence-corrected chi connectivity index (χ1v) is 4.31. The third kappa shape index (κ3) is 1.49. The van der Waals surface area contributed by atoms with E-state index in [4.69, 9.17) is 23.2 Å². The van der Waals surface area contributed by atoms with Crippen LogP contribution in [0.3, 0.4) is 0 Å². The van der Waals surface area contributed by atoms with Crippen LogP contribution in [0, 0.1) is 5.21 Å². The molecule has 0 aliphatic carbocycles. The standard InChI is InChI=1S/C7H3Cl2FN2O2/c8-7(9,10)4-1-2-6-5(3-4)11-14-12(6)13/h1-3H. The lowest BCUT2D eigenvalue weighted by molar-refractivity contribution is -0.782. The van der Waals surface area contributed by atoms with Gasteiger partial charge in [-0.05, 0) is 17.0 Å². The molecule has 0 atom stereocenters. The molecule has 1 aromatic carbocycles. The Morgan fingerprint density at radius 3 is 2.86 bits per heavy atom. The Morgan fingerprint density at radius 2 is 2.21 bits per heavy atom. The third-order valence-corrected chi connectivity index (χ3v) is 2.15. The van der Waals surface area contributed by atoms with Crippen LogP contribution in [0.2, 0.25) is 0 Å². The van der Waals surface area contributed by atoms with Crippen LogP contribution in [-0.4, -0.2) is 5.16 Å². The molecular weight excluding hydrogens is 234 g/mol. The fourth-order valence-electron chi connectivity index (χ4n) is 1.05. The predicted molar refractivity (Wildman–Crippen MR) is 47.5 cm³/mol. The molecule has 7 heteroatoms. The van der Waals surface area contributed by atoms with E-state index < -0.39 is 4.59 Å². The van der Waals surface area contributed by atoms with Gasteiger partial charge in [-0.25, -0.2) is 4.39 Å². The summed E-state index contributed by atoms with van der Waals surface area (Å²) in [5.41, 5.74) is 0.384. The van der Waals surface area contributed by atoms with Gasteiger partial charge in [-0.1, -0.05) is 23.2 Å². The fraction of sp³-hybridized carbons (Fsp3) is 0.143. The van der Waals surface area contributed by atoms with E-state index in [1.165, 1.54) is 18.2 Å². The zero-order valence-corrected chi connectivity index (χ0v) is 8.09. The second-order valence-corrected chi connectivity index (χ2v) is 3.87. The highest BCUT2D eigenvalue weighted by Gasteiger charge is 2.27. The highest BCUT2D eigenvalue weighted by atomic mass is 35.5. The SMILES string of the molecule is [O-][n+]1onc2cc(C(F)(Cl)Cl)ccc21. The summed E-state index contributed by atoms with van der Waals surface area (Å²) in [5.74, 6) is 0. The molecule has 0 fully saturated rings. The van der Waals surface area contributed by atoms with Crippen LogP contribution in [-0.2, 0) is 4.59 Å². The summed E-state index contributed by atoms with van der Waals surface area (Å²) < 4.78 is 14.8. The van der Waals surface area contributed by atoms with Gasteiger partial charge in [-0.15, -0.1) is 0 Å². The number of nitrogens with zero attached hydrogens (tertiary/aromatic N) is 2. The van der Waals surface area contributed by atoms with E-state index in [-0.39, 0.29) is 21.5 Å². The predicted octanol–water partition coefficient (Wildman–Crippen LogP) is 2.02. The Bertz CT molecular complexity index is 480. The average molecular weight is 237 g/mol. The minimum atomic E-state index is -2.50. The summed E-state index contributed by atoms with van der Waals surface area (Å²) in [7, 11) is 0. The van der Waals surface area contributed by atoms with Gasteiger partial charge in [-0.2, -0.15) is 0 Å². The zero-order valence-electron chi connectivity index (χ0n) is 6.58. The molecule has 0 saturated heterocycles. The Kier molecular flexibility index (Phi) is 2.01. The number of fused-ring (bicyclic) bond motifs is 1. The summed E-state index contributed by atoms with van der Waals surface area (Å²) in [5, 5.41) is 14.3. The van der Waals surface area contributed by atoms with Crippen LogP contribution < -0.4 is 4.90 Å². The van der Waals surface area contributed by atoms with Crippen LogP contribution >= 0.6 is 23.2 Å². The number of alkyl halides is 3. The van der Waals surface area contributed by atoms with Crippen molar-refractivity contribution >= 4 is 34.2 Å². The minimum Gasteiger partial charge on any atom is -0.359 e. The van der Waals surface area contributed by atoms with Crippen molar-refractivity contribution in [3.63, 3.8) is 0 Å². The molecule has 2 rings (SSSR count). The smallest absolute Gasteiger partial charge is 0.283 e. The third-order valence-electron chi connectivity index (χ3n) is 1.71. The number of hydrogen-bond acceptors (Lipinski definition) is 3. The van der Waals surface area contributed by atoms with Crippen molar-refractivity contribution in [1.82, 2.24) is 5.16 Å². The number of benzene rings is 1. The zero-order chi connectivity index (χ0) is 10.3. The minimum absolute atomic E-state index is 0.00207. The van der Waals surface area contributed by atoms with Gasteiger partial charge in [-0.3, -0.25) is 4.63 Å². The topological polar surface area (TPSA) is 53.0 Å². The molecule has 0 radical (unpaired) electrons. The van der Waals surface area contributed by atoms with Crippen LogP contribution in [0.5, 0.6) is 0 Å². The Labute approximate surface area is 87.3 Å². The maximum absolute atomic E-state index is 13.0. The number of halogens is 3. The molecule has 74 valence electrons. The molecule has 0 unspecified atom stereocenters. The first-order valence-electron chi connectivity index (χ1n) is 3.55. The van der Waals surface area contributed by atoms with Gasteiger partial charge in [0, 0.05) is 16.8 Å². The van der Waals surface area contributed by atoms with E-state index in [1.54, 1.807) is 0 Å². The summed E-state index contributed by atoms with van der Waals surface area (Å²) in [6.07, 6.45) is 0. The molecule has 0 spiro atoms. The van der Waals surface area contributed by atoms with Crippen molar-refractivity contribution in [2.45, 2.75) is 4.59 Å². The molecule has 0 aliphatic rings. The molecule has 0 amide bonds. The highest BCUT2D eigenvalue weighted by molar-refractivity contribution is 6.46. The quantitative estimate of drug-likeness (QED) is 0.563. The maximum Gasteiger partial charge on any atom is 0.283 e. The summed E-state index contributed by atoms with van der Waals surface area (Å²) in [6.45, 7) is 0. The molecule has 0 N–H and O–H groups in total. The molecular formula is C7H3Cl2FN2O2. The fourth-order valence-corrected chi connectivity index (χ4v) is 1.29. The number of rotatable bonds is 1. The molecule has 1 heterocycles. The van der Waals surface area contributed by atoms with Crippen molar-refractivity contribution in [3.8, 4) is 0 Å². The van der Waals surface area contributed by atoms with E-state index in [0.29, 0.717) is 0 Å². The maximum atomic E-state index is 13.0. The molecule has 14 heavy (non-hydrogen) atoms. The van der Waals surface area contributed by atoms with E-state index in [2.05, 4.69) is 9.79 Å². The summed E-state index contributed by atoms with van der Waals surface area (Å²) in [4.78, 5) is 0.210. The average Bonchev–Trinajstić information content (AvgIpc) is 2.46. The molecule has 0 saturated carbocycles. The second kappa shape index (κ2) is 2.96. The van der Waals surface area contributed by atoms with Crippen LogP contribution in [0.1, 0.15) is 5.56 Å². The molecule has 0 aliphatic heterocycles. The first kappa shape index (κ1) is 9.48.